The van der Waals surface area contributed by atoms with Crippen molar-refractivity contribution >= 4 is 35.1 Å². The number of aromatic nitrogens is 2. The van der Waals surface area contributed by atoms with E-state index in [1.165, 1.54) is 12.1 Å². The van der Waals surface area contributed by atoms with Crippen LogP contribution in [0, 0.1) is 5.82 Å². The van der Waals surface area contributed by atoms with Gasteiger partial charge in [0.25, 0.3) is 11.5 Å². The first-order valence-electron chi connectivity index (χ1n) is 8.30. The lowest BCUT2D eigenvalue weighted by Gasteiger charge is -2.18. The third-order valence-electron chi connectivity index (χ3n) is 4.05. The number of hydrogen-bond donors (Lipinski definition) is 3. The first-order valence-corrected chi connectivity index (χ1v) is 9.06. The molecule has 1 amide bonds. The predicted octanol–water partition coefficient (Wildman–Crippen LogP) is 3.56. The predicted molar refractivity (Wildman–Crippen MR) is 105 cm³/mol. The maximum Gasteiger partial charge on any atom is 0.305 e. The number of hydrogen-bond acceptors (Lipinski definition) is 3. The minimum Gasteiger partial charge on any atom is -0.481 e. The number of H-pyrrole nitrogens is 1. The third kappa shape index (κ3) is 4.85. The largest absolute Gasteiger partial charge is 0.481 e. The Labute approximate surface area is 173 Å². The number of nitrogens with one attached hydrogen (secondary N) is 2. The highest BCUT2D eigenvalue weighted by Crippen LogP contribution is 2.26. The molecule has 3 N–H and O–H groups in total. The average Bonchev–Trinajstić information content (AvgIpc) is 3.05. The summed E-state index contributed by atoms with van der Waals surface area (Å²) in [7, 11) is 0. The van der Waals surface area contributed by atoms with Crippen LogP contribution in [0.5, 0.6) is 0 Å². The standard InChI is InChI=1S/C19H14Cl2FN3O4/c20-10-2-1-3-12(6-10)25-17(26)8-16(24-25)19(29)23-15(9-18(27)28)13-7-11(22)4-5-14(13)21/h1-8,15,24H,9H2,(H,23,29)(H,27,28). The number of carboxylic acid groups (broad SMARTS) is 1. The normalized spacial score (nSPS) is 11.8. The van der Waals surface area contributed by atoms with Crippen molar-refractivity contribution in [1.82, 2.24) is 15.1 Å². The van der Waals surface area contributed by atoms with Gasteiger partial charge < -0.3 is 10.4 Å². The van der Waals surface area contributed by atoms with E-state index < -0.39 is 35.7 Å². The van der Waals surface area contributed by atoms with Gasteiger partial charge in [0.2, 0.25) is 0 Å². The van der Waals surface area contributed by atoms with Crippen molar-refractivity contribution < 1.29 is 19.1 Å². The molecule has 0 spiro atoms. The SMILES string of the molecule is O=C(O)CC(NC(=O)c1cc(=O)n(-c2cccc(Cl)c2)[nH]1)c1cc(F)ccc1Cl. The number of amides is 1. The molecule has 1 aromatic heterocycles. The maximum absolute atomic E-state index is 13.6. The van der Waals surface area contributed by atoms with E-state index >= 15 is 0 Å². The molecule has 0 bridgehead atoms. The second-order valence-electron chi connectivity index (χ2n) is 6.11. The topological polar surface area (TPSA) is 104 Å². The summed E-state index contributed by atoms with van der Waals surface area (Å²) in [5.41, 5.74) is -0.107. The van der Waals surface area contributed by atoms with Crippen molar-refractivity contribution in [2.24, 2.45) is 0 Å². The van der Waals surface area contributed by atoms with Gasteiger partial charge in [0.15, 0.2) is 0 Å². The Morgan fingerprint density at radius 2 is 1.93 bits per heavy atom. The van der Waals surface area contributed by atoms with Gasteiger partial charge >= 0.3 is 5.97 Å². The summed E-state index contributed by atoms with van der Waals surface area (Å²) in [5.74, 6) is -2.61. The van der Waals surface area contributed by atoms with Crippen LogP contribution in [0.25, 0.3) is 5.69 Å². The summed E-state index contributed by atoms with van der Waals surface area (Å²) >= 11 is 12.0. The fourth-order valence-electron chi connectivity index (χ4n) is 2.75. The Bertz CT molecular complexity index is 1140. The molecule has 7 nitrogen and oxygen atoms in total. The van der Waals surface area contributed by atoms with Gasteiger partial charge in [-0.1, -0.05) is 29.3 Å². The second-order valence-corrected chi connectivity index (χ2v) is 6.96. The number of rotatable bonds is 6. The number of carboxylic acids is 1. The summed E-state index contributed by atoms with van der Waals surface area (Å²) in [6, 6.07) is 9.80. The maximum atomic E-state index is 13.6. The van der Waals surface area contributed by atoms with E-state index in [1.54, 1.807) is 18.2 Å². The van der Waals surface area contributed by atoms with Gasteiger partial charge in [0.1, 0.15) is 11.5 Å². The molecular formula is C19H14Cl2FN3O4. The molecule has 0 aliphatic rings. The molecule has 3 rings (SSSR count). The molecule has 1 unspecified atom stereocenters. The molecule has 1 heterocycles. The lowest BCUT2D eigenvalue weighted by atomic mass is 10.0. The van der Waals surface area contributed by atoms with Gasteiger partial charge in [-0.05, 0) is 42.0 Å². The summed E-state index contributed by atoms with van der Waals surface area (Å²) in [6.45, 7) is 0. The molecule has 0 aliphatic heterocycles. The molecule has 0 saturated heterocycles. The van der Waals surface area contributed by atoms with E-state index in [-0.39, 0.29) is 16.3 Å². The average molecular weight is 438 g/mol. The van der Waals surface area contributed by atoms with Crippen molar-refractivity contribution in [3.05, 3.63) is 86.0 Å². The zero-order valence-electron chi connectivity index (χ0n) is 14.7. The number of aromatic amines is 1. The summed E-state index contributed by atoms with van der Waals surface area (Å²) in [4.78, 5) is 36.1. The van der Waals surface area contributed by atoms with Crippen LogP contribution >= 0.6 is 23.2 Å². The number of benzene rings is 2. The van der Waals surface area contributed by atoms with Crippen LogP contribution in [0.1, 0.15) is 28.5 Å². The Balaban J connectivity index is 1.91. The van der Waals surface area contributed by atoms with E-state index in [2.05, 4.69) is 10.4 Å². The number of aliphatic carboxylic acids is 1. The van der Waals surface area contributed by atoms with Crippen molar-refractivity contribution in [2.75, 3.05) is 0 Å². The highest BCUT2D eigenvalue weighted by molar-refractivity contribution is 6.31. The molecule has 0 aliphatic carbocycles. The molecule has 0 radical (unpaired) electrons. The van der Waals surface area contributed by atoms with E-state index in [0.717, 1.165) is 22.9 Å². The van der Waals surface area contributed by atoms with Crippen LogP contribution in [0.3, 0.4) is 0 Å². The summed E-state index contributed by atoms with van der Waals surface area (Å²) in [5, 5.41) is 14.8. The Hall–Kier alpha value is -3.10. The zero-order chi connectivity index (χ0) is 21.1. The van der Waals surface area contributed by atoms with E-state index in [0.29, 0.717) is 10.7 Å². The molecular weight excluding hydrogens is 424 g/mol. The number of carbonyl (C=O) groups is 2. The molecule has 0 saturated carbocycles. The van der Waals surface area contributed by atoms with E-state index in [9.17, 15) is 18.8 Å². The van der Waals surface area contributed by atoms with E-state index in [4.69, 9.17) is 28.3 Å². The molecule has 0 fully saturated rings. The second kappa shape index (κ2) is 8.50. The van der Waals surface area contributed by atoms with Crippen LogP contribution in [0.2, 0.25) is 10.0 Å². The Morgan fingerprint density at radius 3 is 2.62 bits per heavy atom. The molecule has 29 heavy (non-hydrogen) atoms. The number of halogens is 3. The third-order valence-corrected chi connectivity index (χ3v) is 4.63. The number of nitrogens with zero attached hydrogens (tertiary/aromatic N) is 1. The van der Waals surface area contributed by atoms with Crippen LogP contribution < -0.4 is 10.9 Å². The van der Waals surface area contributed by atoms with Gasteiger partial charge in [-0.3, -0.25) is 19.5 Å². The fourth-order valence-corrected chi connectivity index (χ4v) is 3.18. The molecule has 2 aromatic carbocycles. The van der Waals surface area contributed by atoms with Gasteiger partial charge in [-0.25, -0.2) is 9.07 Å². The van der Waals surface area contributed by atoms with Gasteiger partial charge in [-0.15, -0.1) is 0 Å². The highest BCUT2D eigenvalue weighted by Gasteiger charge is 2.23. The Kier molecular flexibility index (Phi) is 6.05. The minimum absolute atomic E-state index is 0.0999. The minimum atomic E-state index is -1.22. The van der Waals surface area contributed by atoms with Crippen molar-refractivity contribution in [3.8, 4) is 5.69 Å². The van der Waals surface area contributed by atoms with E-state index in [1.807, 2.05) is 0 Å². The smallest absolute Gasteiger partial charge is 0.305 e. The van der Waals surface area contributed by atoms with Gasteiger partial charge in [-0.2, -0.15) is 0 Å². The zero-order valence-corrected chi connectivity index (χ0v) is 16.2. The summed E-state index contributed by atoms with van der Waals surface area (Å²) in [6.07, 6.45) is -0.534. The quantitative estimate of drug-likeness (QED) is 0.548. The van der Waals surface area contributed by atoms with Crippen molar-refractivity contribution in [2.45, 2.75) is 12.5 Å². The fraction of sp³-hybridized carbons (Fsp3) is 0.105. The number of carbonyl (C=O) groups excluding carboxylic acids is 1. The first-order chi connectivity index (χ1) is 13.7. The lowest BCUT2D eigenvalue weighted by molar-refractivity contribution is -0.137. The van der Waals surface area contributed by atoms with Crippen molar-refractivity contribution in [3.63, 3.8) is 0 Å². The van der Waals surface area contributed by atoms with Crippen LogP contribution in [-0.2, 0) is 4.79 Å². The first kappa shape index (κ1) is 20.6. The molecule has 3 aromatic rings. The van der Waals surface area contributed by atoms with Crippen LogP contribution in [0.4, 0.5) is 4.39 Å². The van der Waals surface area contributed by atoms with Crippen molar-refractivity contribution in [1.29, 1.82) is 0 Å². The summed E-state index contributed by atoms with van der Waals surface area (Å²) < 4.78 is 14.7. The van der Waals surface area contributed by atoms with Gasteiger partial charge in [0, 0.05) is 16.1 Å². The van der Waals surface area contributed by atoms with Gasteiger partial charge in [0.05, 0.1) is 18.2 Å². The monoisotopic (exact) mass is 437 g/mol. The molecule has 150 valence electrons. The molecule has 1 atom stereocenters. The van der Waals surface area contributed by atoms with Crippen LogP contribution in [0.15, 0.2) is 53.3 Å². The Morgan fingerprint density at radius 1 is 1.17 bits per heavy atom. The highest BCUT2D eigenvalue weighted by atomic mass is 35.5. The van der Waals surface area contributed by atoms with Crippen LogP contribution in [-0.4, -0.2) is 26.8 Å². The molecule has 10 heteroatoms. The lowest BCUT2D eigenvalue weighted by Crippen LogP contribution is -2.31.